The van der Waals surface area contributed by atoms with Crippen LogP contribution in [0, 0.1) is 13.8 Å². The van der Waals surface area contributed by atoms with Crippen molar-refractivity contribution in [2.24, 2.45) is 7.05 Å². The molecular formula is C21H24N4O2. The number of rotatable bonds is 3. The Balaban J connectivity index is 1.84. The molecule has 0 saturated carbocycles. The third kappa shape index (κ3) is 3.45. The molecule has 1 saturated heterocycles. The molecule has 3 aromatic rings. The van der Waals surface area contributed by atoms with Gasteiger partial charge in [0.05, 0.1) is 35.6 Å². The van der Waals surface area contributed by atoms with E-state index in [2.05, 4.69) is 10.4 Å². The molecule has 1 fully saturated rings. The highest BCUT2D eigenvalue weighted by Crippen LogP contribution is 2.30. The molecule has 0 radical (unpaired) electrons. The predicted octanol–water partition coefficient (Wildman–Crippen LogP) is 3.16. The van der Waals surface area contributed by atoms with Crippen molar-refractivity contribution in [3.8, 4) is 11.3 Å². The normalized spacial score (nSPS) is 17.2. The molecule has 6 heteroatoms. The van der Waals surface area contributed by atoms with E-state index in [-0.39, 0.29) is 11.9 Å². The first-order valence-corrected chi connectivity index (χ1v) is 9.31. The van der Waals surface area contributed by atoms with Gasteiger partial charge in [0.25, 0.3) is 5.91 Å². The summed E-state index contributed by atoms with van der Waals surface area (Å²) in [4.78, 5) is 18.1. The molecule has 3 heterocycles. The van der Waals surface area contributed by atoms with E-state index >= 15 is 0 Å². The molecule has 0 spiro atoms. The van der Waals surface area contributed by atoms with Crippen LogP contribution in [-0.2, 0) is 11.8 Å². The number of amides is 1. The van der Waals surface area contributed by atoms with E-state index in [1.807, 2.05) is 45.3 Å². The van der Waals surface area contributed by atoms with Gasteiger partial charge in [-0.2, -0.15) is 5.10 Å². The lowest BCUT2D eigenvalue weighted by Gasteiger charge is -2.24. The summed E-state index contributed by atoms with van der Waals surface area (Å²) in [6, 6.07) is 6.09. The van der Waals surface area contributed by atoms with Gasteiger partial charge in [0.15, 0.2) is 0 Å². The largest absolute Gasteiger partial charge is 0.379 e. The molecule has 27 heavy (non-hydrogen) atoms. The van der Waals surface area contributed by atoms with Crippen LogP contribution in [0.5, 0.6) is 0 Å². The van der Waals surface area contributed by atoms with E-state index in [9.17, 15) is 4.79 Å². The molecule has 4 rings (SSSR count). The van der Waals surface area contributed by atoms with E-state index in [0.29, 0.717) is 12.2 Å². The Morgan fingerprint density at radius 1 is 1.33 bits per heavy atom. The lowest BCUT2D eigenvalue weighted by molar-refractivity contribution is 0.0624. The number of benzene rings is 1. The van der Waals surface area contributed by atoms with E-state index in [4.69, 9.17) is 9.72 Å². The van der Waals surface area contributed by atoms with E-state index < -0.39 is 0 Å². The number of carbonyl (C=O) groups is 1. The fourth-order valence-electron chi connectivity index (χ4n) is 3.70. The van der Waals surface area contributed by atoms with Crippen molar-refractivity contribution in [2.75, 3.05) is 13.2 Å². The summed E-state index contributed by atoms with van der Waals surface area (Å²) in [7, 11) is 1.87. The first kappa shape index (κ1) is 17.7. The Bertz CT molecular complexity index is 1000. The summed E-state index contributed by atoms with van der Waals surface area (Å²) in [6.45, 7) is 5.33. The third-order valence-electron chi connectivity index (χ3n) is 5.08. The number of ether oxygens (including phenoxy) is 1. The van der Waals surface area contributed by atoms with Gasteiger partial charge in [-0.3, -0.25) is 9.48 Å². The monoisotopic (exact) mass is 364 g/mol. The van der Waals surface area contributed by atoms with E-state index in [1.165, 1.54) is 0 Å². The number of aromatic nitrogens is 3. The van der Waals surface area contributed by atoms with Crippen LogP contribution in [0.25, 0.3) is 22.2 Å². The van der Waals surface area contributed by atoms with Gasteiger partial charge >= 0.3 is 0 Å². The predicted molar refractivity (Wildman–Crippen MR) is 105 cm³/mol. The van der Waals surface area contributed by atoms with Gasteiger partial charge in [-0.1, -0.05) is 11.6 Å². The smallest absolute Gasteiger partial charge is 0.252 e. The van der Waals surface area contributed by atoms with Crippen LogP contribution in [0.2, 0.25) is 0 Å². The highest BCUT2D eigenvalue weighted by Gasteiger charge is 2.23. The summed E-state index contributed by atoms with van der Waals surface area (Å²) in [6.07, 6.45) is 5.63. The molecule has 0 aliphatic carbocycles. The zero-order chi connectivity index (χ0) is 19.0. The number of carbonyl (C=O) groups excluding carboxylic acids is 1. The second-order valence-electron chi connectivity index (χ2n) is 7.27. The Labute approximate surface area is 158 Å². The fourth-order valence-corrected chi connectivity index (χ4v) is 3.70. The Morgan fingerprint density at radius 2 is 2.19 bits per heavy atom. The molecule has 1 aliphatic rings. The molecule has 1 unspecified atom stereocenters. The first-order valence-electron chi connectivity index (χ1n) is 9.31. The van der Waals surface area contributed by atoms with Gasteiger partial charge in [0.1, 0.15) is 0 Å². The van der Waals surface area contributed by atoms with Crippen LogP contribution in [0.3, 0.4) is 0 Å². The number of hydrogen-bond acceptors (Lipinski definition) is 4. The van der Waals surface area contributed by atoms with Gasteiger partial charge in [-0.05, 0) is 44.4 Å². The Morgan fingerprint density at radius 3 is 2.89 bits per heavy atom. The van der Waals surface area contributed by atoms with Crippen LogP contribution < -0.4 is 5.32 Å². The zero-order valence-electron chi connectivity index (χ0n) is 16.0. The van der Waals surface area contributed by atoms with Crippen molar-refractivity contribution in [3.05, 3.63) is 47.3 Å². The average molecular weight is 364 g/mol. The van der Waals surface area contributed by atoms with Gasteiger partial charge in [0.2, 0.25) is 0 Å². The fraction of sp³-hybridized carbons (Fsp3) is 0.381. The lowest BCUT2D eigenvalue weighted by atomic mass is 9.97. The number of nitrogens with one attached hydrogen (secondary N) is 1. The molecular weight excluding hydrogens is 340 g/mol. The molecule has 1 N–H and O–H groups in total. The number of pyridine rings is 1. The van der Waals surface area contributed by atoms with Gasteiger partial charge in [0, 0.05) is 30.8 Å². The SMILES string of the molecule is Cc1ccc2nc(-c3cnn(C)c3)c(C)c(C(=O)NC3CCCOC3)c2c1. The minimum atomic E-state index is -0.0638. The van der Waals surface area contributed by atoms with Crippen LogP contribution in [0.15, 0.2) is 30.6 Å². The van der Waals surface area contributed by atoms with Crippen molar-refractivity contribution in [3.63, 3.8) is 0 Å². The maximum Gasteiger partial charge on any atom is 0.252 e. The van der Waals surface area contributed by atoms with Gasteiger partial charge < -0.3 is 10.1 Å². The maximum atomic E-state index is 13.2. The lowest BCUT2D eigenvalue weighted by Crippen LogP contribution is -2.41. The van der Waals surface area contributed by atoms with Crippen molar-refractivity contribution in [1.29, 1.82) is 0 Å². The molecule has 1 aliphatic heterocycles. The van der Waals surface area contributed by atoms with Gasteiger partial charge in [-0.25, -0.2) is 4.98 Å². The highest BCUT2D eigenvalue weighted by molar-refractivity contribution is 6.09. The molecule has 1 amide bonds. The summed E-state index contributed by atoms with van der Waals surface area (Å²) >= 11 is 0. The van der Waals surface area contributed by atoms with Crippen molar-refractivity contribution >= 4 is 16.8 Å². The third-order valence-corrected chi connectivity index (χ3v) is 5.08. The molecule has 140 valence electrons. The Hall–Kier alpha value is -2.73. The quantitative estimate of drug-likeness (QED) is 0.775. The summed E-state index contributed by atoms with van der Waals surface area (Å²) in [5.74, 6) is -0.0638. The number of aryl methyl sites for hydroxylation is 2. The molecule has 0 bridgehead atoms. The van der Waals surface area contributed by atoms with Crippen molar-refractivity contribution in [1.82, 2.24) is 20.1 Å². The summed E-state index contributed by atoms with van der Waals surface area (Å²) in [5.41, 5.74) is 5.18. The second-order valence-corrected chi connectivity index (χ2v) is 7.27. The Kier molecular flexibility index (Phi) is 4.66. The van der Waals surface area contributed by atoms with Gasteiger partial charge in [-0.15, -0.1) is 0 Å². The van der Waals surface area contributed by atoms with E-state index in [1.54, 1.807) is 10.9 Å². The molecule has 1 atom stereocenters. The molecule has 1 aromatic carbocycles. The van der Waals surface area contributed by atoms with Crippen LogP contribution in [0.4, 0.5) is 0 Å². The van der Waals surface area contributed by atoms with Crippen LogP contribution in [-0.4, -0.2) is 39.9 Å². The standard InChI is InChI=1S/C21H24N4O2/c1-13-6-7-18-17(9-13)19(21(26)23-16-5-4-8-27-12-16)14(2)20(24-18)15-10-22-25(3)11-15/h6-7,9-11,16H,4-5,8,12H2,1-3H3,(H,23,26). The number of fused-ring (bicyclic) bond motifs is 1. The number of nitrogens with zero attached hydrogens (tertiary/aromatic N) is 3. The topological polar surface area (TPSA) is 69.0 Å². The minimum Gasteiger partial charge on any atom is -0.379 e. The number of hydrogen-bond donors (Lipinski definition) is 1. The molecule has 2 aromatic heterocycles. The van der Waals surface area contributed by atoms with Crippen molar-refractivity contribution < 1.29 is 9.53 Å². The first-order chi connectivity index (χ1) is 13.0. The van der Waals surface area contributed by atoms with E-state index in [0.717, 1.165) is 52.7 Å². The molecule has 6 nitrogen and oxygen atoms in total. The highest BCUT2D eigenvalue weighted by atomic mass is 16.5. The van der Waals surface area contributed by atoms with Crippen LogP contribution >= 0.6 is 0 Å². The van der Waals surface area contributed by atoms with Crippen LogP contribution in [0.1, 0.15) is 34.3 Å². The summed E-state index contributed by atoms with van der Waals surface area (Å²) in [5, 5.41) is 8.30. The maximum absolute atomic E-state index is 13.2. The summed E-state index contributed by atoms with van der Waals surface area (Å²) < 4.78 is 7.26. The van der Waals surface area contributed by atoms with Crippen molar-refractivity contribution in [2.45, 2.75) is 32.7 Å². The minimum absolute atomic E-state index is 0.0560. The zero-order valence-corrected chi connectivity index (χ0v) is 16.0. The second kappa shape index (κ2) is 7.12. The average Bonchev–Trinajstić information content (AvgIpc) is 3.08.